The smallest absolute Gasteiger partial charge is 0.408 e. The second-order valence-corrected chi connectivity index (χ2v) is 7.48. The summed E-state index contributed by atoms with van der Waals surface area (Å²) in [5.41, 5.74) is 1.63. The molecule has 2 aromatic rings. The summed E-state index contributed by atoms with van der Waals surface area (Å²) in [6.07, 6.45) is -0.658. The molecule has 2 atom stereocenters. The number of carbonyl (C=O) groups excluding carboxylic acids is 3. The van der Waals surface area contributed by atoms with Gasteiger partial charge >= 0.3 is 12.1 Å². The van der Waals surface area contributed by atoms with Gasteiger partial charge in [-0.25, -0.2) is 9.59 Å². The molecular formula is C21H23IN2O6. The zero-order valence-electron chi connectivity index (χ0n) is 16.3. The third-order valence-electron chi connectivity index (χ3n) is 4.19. The number of hydrogen-bond acceptors (Lipinski definition) is 6. The molecule has 2 rings (SSSR count). The van der Waals surface area contributed by atoms with Gasteiger partial charge in [0.05, 0.1) is 13.7 Å². The van der Waals surface area contributed by atoms with Crippen molar-refractivity contribution in [3.05, 3.63) is 69.3 Å². The molecule has 0 spiro atoms. The van der Waals surface area contributed by atoms with E-state index in [1.807, 2.05) is 30.3 Å². The van der Waals surface area contributed by atoms with Crippen molar-refractivity contribution in [2.24, 2.45) is 0 Å². The number of carbonyl (C=O) groups is 3. The summed E-state index contributed by atoms with van der Waals surface area (Å²) in [6.45, 7) is -0.646. The maximum Gasteiger partial charge on any atom is 0.408 e. The molecule has 8 nitrogen and oxygen atoms in total. The Balaban J connectivity index is 1.96. The molecule has 0 unspecified atom stereocenters. The Morgan fingerprint density at radius 3 is 2.30 bits per heavy atom. The van der Waals surface area contributed by atoms with Crippen molar-refractivity contribution in [1.29, 1.82) is 0 Å². The largest absolute Gasteiger partial charge is 0.467 e. The lowest BCUT2D eigenvalue weighted by molar-refractivity contribution is -0.145. The average Bonchev–Trinajstić information content (AvgIpc) is 2.77. The Hall–Kier alpha value is -2.66. The molecule has 0 radical (unpaired) electrons. The summed E-state index contributed by atoms with van der Waals surface area (Å²) in [7, 11) is 1.22. The van der Waals surface area contributed by atoms with Crippen molar-refractivity contribution < 1.29 is 29.0 Å². The number of aliphatic hydroxyl groups is 1. The SMILES string of the molecule is COC(=O)[C@H](Cc1ccccc1I)NC(=O)[C@H](CO)NC(=O)OCc1ccccc1. The number of benzene rings is 2. The van der Waals surface area contributed by atoms with E-state index in [0.717, 1.165) is 14.7 Å². The molecule has 2 aromatic carbocycles. The van der Waals surface area contributed by atoms with Gasteiger partial charge in [0, 0.05) is 9.99 Å². The Labute approximate surface area is 188 Å². The number of amides is 2. The number of ether oxygens (including phenoxy) is 2. The highest BCUT2D eigenvalue weighted by Gasteiger charge is 2.28. The normalized spacial score (nSPS) is 12.4. The van der Waals surface area contributed by atoms with Crippen LogP contribution in [0.4, 0.5) is 4.79 Å². The first kappa shape index (κ1) is 23.6. The van der Waals surface area contributed by atoms with Crippen molar-refractivity contribution in [3.63, 3.8) is 0 Å². The minimum Gasteiger partial charge on any atom is -0.467 e. The third kappa shape index (κ3) is 7.30. The molecule has 0 bridgehead atoms. The number of halogens is 1. The van der Waals surface area contributed by atoms with Crippen LogP contribution in [-0.2, 0) is 32.1 Å². The molecule has 0 saturated carbocycles. The van der Waals surface area contributed by atoms with Crippen molar-refractivity contribution >= 4 is 40.6 Å². The van der Waals surface area contributed by atoms with Crippen LogP contribution in [0.2, 0.25) is 0 Å². The van der Waals surface area contributed by atoms with Gasteiger partial charge in [-0.1, -0.05) is 48.5 Å². The molecule has 0 aliphatic heterocycles. The quantitative estimate of drug-likeness (QED) is 0.339. The number of nitrogens with one attached hydrogen (secondary N) is 2. The van der Waals surface area contributed by atoms with Crippen LogP contribution in [0, 0.1) is 3.57 Å². The lowest BCUT2D eigenvalue weighted by Crippen LogP contribution is -2.54. The molecule has 0 aliphatic carbocycles. The minimum absolute atomic E-state index is 0.0175. The first-order valence-electron chi connectivity index (χ1n) is 9.14. The standard InChI is InChI=1S/C21H23IN2O6/c1-29-20(27)17(11-15-9-5-6-10-16(15)22)23-19(26)18(12-25)24-21(28)30-13-14-7-3-2-4-8-14/h2-10,17-18,25H,11-13H2,1H3,(H,23,26)(H,24,28)/t17-,18-/m0/s1. The first-order chi connectivity index (χ1) is 14.4. The fourth-order valence-corrected chi connectivity index (χ4v) is 3.20. The Bertz CT molecular complexity index is 862. The Morgan fingerprint density at radius 1 is 1.00 bits per heavy atom. The van der Waals surface area contributed by atoms with Crippen LogP contribution in [0.5, 0.6) is 0 Å². The van der Waals surface area contributed by atoms with E-state index in [1.54, 1.807) is 24.3 Å². The highest BCUT2D eigenvalue weighted by molar-refractivity contribution is 14.1. The monoisotopic (exact) mass is 526 g/mol. The van der Waals surface area contributed by atoms with Gasteiger partial charge in [0.1, 0.15) is 18.7 Å². The van der Waals surface area contributed by atoms with Crippen molar-refractivity contribution in [1.82, 2.24) is 10.6 Å². The predicted molar refractivity (Wildman–Crippen MR) is 117 cm³/mol. The highest BCUT2D eigenvalue weighted by Crippen LogP contribution is 2.14. The third-order valence-corrected chi connectivity index (χ3v) is 5.24. The van der Waals surface area contributed by atoms with Crippen LogP contribution in [-0.4, -0.2) is 48.9 Å². The molecule has 3 N–H and O–H groups in total. The van der Waals surface area contributed by atoms with Crippen molar-refractivity contribution in [3.8, 4) is 0 Å². The topological polar surface area (TPSA) is 114 Å². The molecule has 0 heterocycles. The lowest BCUT2D eigenvalue weighted by Gasteiger charge is -2.21. The number of hydrogen-bond donors (Lipinski definition) is 3. The van der Waals surface area contributed by atoms with E-state index in [9.17, 15) is 19.5 Å². The number of rotatable bonds is 9. The van der Waals surface area contributed by atoms with Gasteiger partial charge in [0.15, 0.2) is 0 Å². The summed E-state index contributed by atoms with van der Waals surface area (Å²) in [6, 6.07) is 14.2. The molecule has 30 heavy (non-hydrogen) atoms. The molecule has 0 fully saturated rings. The van der Waals surface area contributed by atoms with E-state index >= 15 is 0 Å². The van der Waals surface area contributed by atoms with Crippen LogP contribution < -0.4 is 10.6 Å². The fraction of sp³-hybridized carbons (Fsp3) is 0.286. The van der Waals surface area contributed by atoms with Gasteiger partial charge in [-0.3, -0.25) is 4.79 Å². The predicted octanol–water partition coefficient (Wildman–Crippen LogP) is 1.78. The number of aliphatic hydroxyl groups excluding tert-OH is 1. The zero-order valence-corrected chi connectivity index (χ0v) is 18.5. The molecule has 160 valence electrons. The zero-order chi connectivity index (χ0) is 21.9. The van der Waals surface area contributed by atoms with Gasteiger partial charge in [-0.2, -0.15) is 0 Å². The molecule has 0 aromatic heterocycles. The van der Waals surface area contributed by atoms with Gasteiger partial charge < -0.3 is 25.2 Å². The van der Waals surface area contributed by atoms with E-state index in [4.69, 9.17) is 9.47 Å². The van der Waals surface area contributed by atoms with Crippen LogP contribution in [0.3, 0.4) is 0 Å². The highest BCUT2D eigenvalue weighted by atomic mass is 127. The van der Waals surface area contributed by atoms with E-state index in [-0.39, 0.29) is 13.0 Å². The summed E-state index contributed by atoms with van der Waals surface area (Å²) in [5, 5.41) is 14.3. The van der Waals surface area contributed by atoms with E-state index in [1.165, 1.54) is 7.11 Å². The maximum absolute atomic E-state index is 12.5. The second-order valence-electron chi connectivity index (χ2n) is 6.32. The van der Waals surface area contributed by atoms with Crippen LogP contribution in [0.1, 0.15) is 11.1 Å². The van der Waals surface area contributed by atoms with Crippen LogP contribution >= 0.6 is 22.6 Å². The van der Waals surface area contributed by atoms with Gasteiger partial charge in [0.2, 0.25) is 5.91 Å². The molecule has 2 amide bonds. The van der Waals surface area contributed by atoms with Crippen LogP contribution in [0.15, 0.2) is 54.6 Å². The van der Waals surface area contributed by atoms with E-state index in [0.29, 0.717) is 0 Å². The second kappa shape index (κ2) is 12.1. The van der Waals surface area contributed by atoms with Gasteiger partial charge in [0.25, 0.3) is 0 Å². The Morgan fingerprint density at radius 2 is 1.67 bits per heavy atom. The minimum atomic E-state index is -1.28. The average molecular weight is 526 g/mol. The summed E-state index contributed by atoms with van der Waals surface area (Å²) < 4.78 is 10.8. The van der Waals surface area contributed by atoms with E-state index < -0.39 is 36.7 Å². The number of esters is 1. The molecular weight excluding hydrogens is 503 g/mol. The summed E-state index contributed by atoms with van der Waals surface area (Å²) >= 11 is 2.14. The summed E-state index contributed by atoms with van der Waals surface area (Å²) in [4.78, 5) is 36.7. The van der Waals surface area contributed by atoms with Crippen molar-refractivity contribution in [2.45, 2.75) is 25.1 Å². The van der Waals surface area contributed by atoms with Crippen molar-refractivity contribution in [2.75, 3.05) is 13.7 Å². The van der Waals surface area contributed by atoms with Crippen LogP contribution in [0.25, 0.3) is 0 Å². The van der Waals surface area contributed by atoms with Gasteiger partial charge in [-0.15, -0.1) is 0 Å². The molecule has 0 aliphatic rings. The number of alkyl carbamates (subject to hydrolysis) is 1. The Kier molecular flexibility index (Phi) is 9.55. The maximum atomic E-state index is 12.5. The molecule has 0 saturated heterocycles. The summed E-state index contributed by atoms with van der Waals surface area (Å²) in [5.74, 6) is -1.36. The molecule has 9 heteroatoms. The van der Waals surface area contributed by atoms with Gasteiger partial charge in [-0.05, 0) is 39.8 Å². The first-order valence-corrected chi connectivity index (χ1v) is 10.2. The lowest BCUT2D eigenvalue weighted by atomic mass is 10.1. The fourth-order valence-electron chi connectivity index (χ4n) is 2.59. The number of methoxy groups -OCH3 is 1. The van der Waals surface area contributed by atoms with E-state index in [2.05, 4.69) is 33.2 Å².